The van der Waals surface area contributed by atoms with Gasteiger partial charge in [-0.1, -0.05) is 18.2 Å². The lowest BCUT2D eigenvalue weighted by molar-refractivity contribution is 0.0697. The zero-order valence-corrected chi connectivity index (χ0v) is 14.1. The summed E-state index contributed by atoms with van der Waals surface area (Å²) in [5, 5.41) is 14.1. The maximum atomic E-state index is 10.9. The van der Waals surface area contributed by atoms with Crippen LogP contribution >= 0.6 is 0 Å². The lowest BCUT2D eigenvalue weighted by Gasteiger charge is -2.14. The molecule has 3 rings (SSSR count). The van der Waals surface area contributed by atoms with Crippen LogP contribution in [0.2, 0.25) is 0 Å². The van der Waals surface area contributed by atoms with Crippen LogP contribution in [0, 0.1) is 13.8 Å². The molecule has 0 amide bonds. The zero-order valence-electron chi connectivity index (χ0n) is 14.1. The summed E-state index contributed by atoms with van der Waals surface area (Å²) in [4.78, 5) is 10.9. The summed E-state index contributed by atoms with van der Waals surface area (Å²) in [5.41, 5.74) is 7.22. The lowest BCUT2D eigenvalue weighted by Crippen LogP contribution is -2.14. The van der Waals surface area contributed by atoms with Crippen molar-refractivity contribution in [2.45, 2.75) is 13.8 Å². The smallest absolute Gasteiger partial charge is 0.335 e. The lowest BCUT2D eigenvalue weighted by atomic mass is 10.2. The number of hydrogen-bond donors (Lipinski definition) is 2. The van der Waals surface area contributed by atoms with Crippen molar-refractivity contribution in [2.75, 3.05) is 5.43 Å². The minimum absolute atomic E-state index is 0.251. The van der Waals surface area contributed by atoms with Gasteiger partial charge >= 0.3 is 5.97 Å². The molecule has 0 radical (unpaired) electrons. The number of benzene rings is 2. The minimum Gasteiger partial charge on any atom is -0.478 e. The van der Waals surface area contributed by atoms with Crippen LogP contribution < -0.4 is 10.8 Å². The molecule has 2 N–H and O–H groups in total. The van der Waals surface area contributed by atoms with Crippen LogP contribution in [0.3, 0.4) is 0 Å². The quantitative estimate of drug-likeness (QED) is 0.715. The van der Waals surface area contributed by atoms with Crippen molar-refractivity contribution in [3.63, 3.8) is 0 Å². The Morgan fingerprint density at radius 1 is 0.960 bits per heavy atom. The third kappa shape index (κ3) is 3.77. The van der Waals surface area contributed by atoms with Gasteiger partial charge in [-0.3, -0.25) is 5.43 Å². The van der Waals surface area contributed by atoms with Gasteiger partial charge in [0.05, 0.1) is 16.6 Å². The Labute approximate surface area is 145 Å². The second-order valence-electron chi connectivity index (χ2n) is 5.77. The molecule has 25 heavy (non-hydrogen) atoms. The Morgan fingerprint density at radius 2 is 1.56 bits per heavy atom. The van der Waals surface area contributed by atoms with E-state index in [-0.39, 0.29) is 5.56 Å². The summed E-state index contributed by atoms with van der Waals surface area (Å²) >= 11 is 0. The number of para-hydroxylation sites is 1. The number of carbonyl (C=O) groups is 1. The van der Waals surface area contributed by atoms with Crippen LogP contribution in [0.5, 0.6) is 0 Å². The highest BCUT2D eigenvalue weighted by atomic mass is 16.4. The fraction of sp³-hybridized carbons (Fsp3) is 0.100. The Morgan fingerprint density at radius 3 is 2.12 bits per heavy atom. The Kier molecular flexibility index (Phi) is 4.66. The molecule has 5 nitrogen and oxygen atoms in total. The van der Waals surface area contributed by atoms with Gasteiger partial charge in [-0.25, -0.2) is 4.79 Å². The second kappa shape index (κ2) is 7.05. The van der Waals surface area contributed by atoms with Gasteiger partial charge in [-0.05, 0) is 62.4 Å². The highest BCUT2D eigenvalue weighted by Crippen LogP contribution is 2.13. The van der Waals surface area contributed by atoms with Gasteiger partial charge in [0, 0.05) is 17.1 Å². The largest absolute Gasteiger partial charge is 0.478 e. The van der Waals surface area contributed by atoms with Crippen molar-refractivity contribution < 1.29 is 9.90 Å². The number of nitrogens with zero attached hydrogens (tertiary/aromatic N) is 2. The van der Waals surface area contributed by atoms with Crippen LogP contribution in [0.1, 0.15) is 21.7 Å². The fourth-order valence-electron chi connectivity index (χ4n) is 2.74. The van der Waals surface area contributed by atoms with Crippen LogP contribution in [0.15, 0.2) is 71.8 Å². The number of hydrogen-bond acceptors (Lipinski definition) is 3. The molecule has 0 spiro atoms. The number of aromatic nitrogens is 1. The van der Waals surface area contributed by atoms with Gasteiger partial charge < -0.3 is 9.67 Å². The van der Waals surface area contributed by atoms with Crippen molar-refractivity contribution in [2.24, 2.45) is 5.10 Å². The molecule has 0 atom stereocenters. The van der Waals surface area contributed by atoms with E-state index in [1.54, 1.807) is 24.3 Å². The summed E-state index contributed by atoms with van der Waals surface area (Å²) in [6, 6.07) is 20.6. The van der Waals surface area contributed by atoms with E-state index in [0.29, 0.717) is 0 Å². The third-order valence-electron chi connectivity index (χ3n) is 3.88. The van der Waals surface area contributed by atoms with Gasteiger partial charge in [0.15, 0.2) is 0 Å². The number of carboxylic acid groups (broad SMARTS) is 1. The number of rotatable bonds is 4. The Balaban J connectivity index is 1.88. The topological polar surface area (TPSA) is 66.6 Å². The first-order valence-electron chi connectivity index (χ1n) is 7.93. The first kappa shape index (κ1) is 16.5. The number of aryl methyl sites for hydroxylation is 2. The minimum atomic E-state index is -0.941. The van der Waals surface area contributed by atoms with Gasteiger partial charge in [0.1, 0.15) is 0 Å². The molecule has 0 unspecified atom stereocenters. The number of carboxylic acids is 1. The molecule has 1 aromatic heterocycles. The van der Waals surface area contributed by atoms with Crippen molar-refractivity contribution >= 4 is 11.7 Å². The highest BCUT2D eigenvalue weighted by Gasteiger charge is 2.03. The van der Waals surface area contributed by atoms with E-state index in [2.05, 4.69) is 27.2 Å². The first-order chi connectivity index (χ1) is 12.0. The van der Waals surface area contributed by atoms with Crippen molar-refractivity contribution in [3.05, 3.63) is 89.0 Å². The number of anilines is 1. The molecule has 0 aliphatic heterocycles. The molecule has 2 aromatic carbocycles. The van der Waals surface area contributed by atoms with Gasteiger partial charge in [0.2, 0.25) is 0 Å². The molecule has 5 heteroatoms. The van der Waals surface area contributed by atoms with E-state index in [1.807, 2.05) is 44.2 Å². The van der Waals surface area contributed by atoms with Gasteiger partial charge in [-0.2, -0.15) is 5.10 Å². The summed E-state index contributed by atoms with van der Waals surface area (Å²) < 4.78 is 2.17. The van der Waals surface area contributed by atoms with Crippen molar-refractivity contribution in [1.82, 2.24) is 4.57 Å². The van der Waals surface area contributed by atoms with E-state index < -0.39 is 5.97 Å². The summed E-state index contributed by atoms with van der Waals surface area (Å²) in [5.74, 6) is -0.941. The monoisotopic (exact) mass is 333 g/mol. The summed E-state index contributed by atoms with van der Waals surface area (Å²) in [6.07, 6.45) is 0. The van der Waals surface area contributed by atoms with Crippen LogP contribution in [-0.4, -0.2) is 15.6 Å². The van der Waals surface area contributed by atoms with Gasteiger partial charge in [0.25, 0.3) is 0 Å². The second-order valence-corrected chi connectivity index (χ2v) is 5.77. The van der Waals surface area contributed by atoms with E-state index in [1.165, 1.54) is 0 Å². The van der Waals surface area contributed by atoms with Crippen molar-refractivity contribution in [3.8, 4) is 5.69 Å². The summed E-state index contributed by atoms with van der Waals surface area (Å²) in [7, 11) is 0. The Bertz CT molecular complexity index is 932. The SMILES string of the molecule is Cc1cc(=NNc2ccc(C(=O)O)cc2)cc(C)n1-c1ccccc1. The Hall–Kier alpha value is -3.34. The van der Waals surface area contributed by atoms with E-state index in [4.69, 9.17) is 5.11 Å². The number of aromatic carboxylic acids is 1. The van der Waals surface area contributed by atoms with Crippen LogP contribution in [-0.2, 0) is 0 Å². The molecule has 0 fully saturated rings. The average Bonchev–Trinajstić information content (AvgIpc) is 2.61. The molecule has 1 heterocycles. The van der Waals surface area contributed by atoms with E-state index in [9.17, 15) is 4.79 Å². The molecular weight excluding hydrogens is 314 g/mol. The van der Waals surface area contributed by atoms with Crippen molar-refractivity contribution in [1.29, 1.82) is 0 Å². The van der Waals surface area contributed by atoms with E-state index >= 15 is 0 Å². The zero-order chi connectivity index (χ0) is 17.8. The molecule has 126 valence electrons. The number of pyridine rings is 1. The predicted octanol–water partition coefficient (Wildman–Crippen LogP) is 3.72. The highest BCUT2D eigenvalue weighted by molar-refractivity contribution is 5.87. The molecule has 0 aliphatic carbocycles. The molecule has 0 saturated carbocycles. The van der Waals surface area contributed by atoms with Gasteiger partial charge in [-0.15, -0.1) is 0 Å². The van der Waals surface area contributed by atoms with Crippen LogP contribution in [0.4, 0.5) is 5.69 Å². The first-order valence-corrected chi connectivity index (χ1v) is 7.93. The third-order valence-corrected chi connectivity index (χ3v) is 3.88. The number of nitrogens with one attached hydrogen (secondary N) is 1. The normalized spacial score (nSPS) is 10.3. The van der Waals surface area contributed by atoms with Crippen LogP contribution in [0.25, 0.3) is 5.69 Å². The fourth-order valence-corrected chi connectivity index (χ4v) is 2.74. The molecule has 3 aromatic rings. The standard InChI is InChI=1S/C20H19N3O2/c1-14-12-18(13-15(2)23(14)19-6-4-3-5-7-19)22-21-17-10-8-16(9-11-17)20(24)25/h3-13,21H,1-2H3,(H,24,25). The summed E-state index contributed by atoms with van der Waals surface area (Å²) in [6.45, 7) is 4.08. The van der Waals surface area contributed by atoms with E-state index in [0.717, 1.165) is 28.1 Å². The average molecular weight is 333 g/mol. The molecule has 0 bridgehead atoms. The maximum Gasteiger partial charge on any atom is 0.335 e. The molecule has 0 saturated heterocycles. The maximum absolute atomic E-state index is 10.9. The molecule has 0 aliphatic rings. The molecular formula is C20H19N3O2. The predicted molar refractivity (Wildman–Crippen MR) is 97.8 cm³/mol.